The van der Waals surface area contributed by atoms with Gasteiger partial charge in [-0.1, -0.05) is 0 Å². The zero-order valence-electron chi connectivity index (χ0n) is 11.5. The molecule has 1 aromatic rings. The van der Waals surface area contributed by atoms with E-state index in [2.05, 4.69) is 4.98 Å². The van der Waals surface area contributed by atoms with E-state index in [1.54, 1.807) is 12.4 Å². The molecule has 0 unspecified atom stereocenters. The number of piperidine rings is 1. The van der Waals surface area contributed by atoms with Crippen molar-refractivity contribution in [2.45, 2.75) is 32.1 Å². The largest absolute Gasteiger partial charge is 0.465 e. The Bertz CT molecular complexity index is 453. The van der Waals surface area contributed by atoms with Crippen LogP contribution in [0.2, 0.25) is 0 Å². The van der Waals surface area contributed by atoms with Crippen molar-refractivity contribution in [1.29, 1.82) is 0 Å². The molecule has 2 heterocycles. The van der Waals surface area contributed by atoms with Crippen molar-refractivity contribution in [2.24, 2.45) is 5.92 Å². The summed E-state index contributed by atoms with van der Waals surface area (Å²) in [4.78, 5) is 28.1. The molecule has 5 heteroatoms. The summed E-state index contributed by atoms with van der Waals surface area (Å²) in [5.74, 6) is 0.617. The Morgan fingerprint density at radius 3 is 2.50 bits per heavy atom. The number of carbonyl (C=O) groups is 2. The minimum atomic E-state index is -0.854. The van der Waals surface area contributed by atoms with Crippen LogP contribution in [0.4, 0.5) is 4.79 Å². The van der Waals surface area contributed by atoms with Gasteiger partial charge in [-0.2, -0.15) is 0 Å². The smallest absolute Gasteiger partial charge is 0.407 e. The average Bonchev–Trinajstić information content (AvgIpc) is 2.47. The third kappa shape index (κ3) is 4.33. The van der Waals surface area contributed by atoms with Gasteiger partial charge in [-0.15, -0.1) is 0 Å². The minimum Gasteiger partial charge on any atom is -0.465 e. The lowest BCUT2D eigenvalue weighted by molar-refractivity contribution is -0.120. The average molecular weight is 276 g/mol. The fourth-order valence-electron chi connectivity index (χ4n) is 2.59. The summed E-state index contributed by atoms with van der Waals surface area (Å²) in [6, 6.07) is 3.86. The number of carboxylic acid groups (broad SMARTS) is 1. The van der Waals surface area contributed by atoms with Gasteiger partial charge in [0.1, 0.15) is 5.78 Å². The third-order valence-electron chi connectivity index (χ3n) is 3.84. The molecule has 0 bridgehead atoms. The van der Waals surface area contributed by atoms with Gasteiger partial charge < -0.3 is 10.0 Å². The second-order valence-electron chi connectivity index (χ2n) is 5.31. The van der Waals surface area contributed by atoms with Crippen molar-refractivity contribution < 1.29 is 14.7 Å². The van der Waals surface area contributed by atoms with Crippen molar-refractivity contribution in [2.75, 3.05) is 13.1 Å². The maximum atomic E-state index is 12.0. The molecule has 0 saturated carbocycles. The number of likely N-dealkylation sites (tertiary alicyclic amines) is 1. The number of Topliss-reactive ketones (excluding diaryl/α,β-unsaturated/α-hetero) is 1. The summed E-state index contributed by atoms with van der Waals surface area (Å²) in [6.45, 7) is 1.11. The number of pyridine rings is 1. The standard InChI is InChI=1S/C15H20N2O3/c18-14(2-1-12-3-7-16-8-4-12)11-13-5-9-17(10-6-13)15(19)20/h3-4,7-8,13H,1-2,5-6,9-11H2,(H,19,20). The van der Waals surface area contributed by atoms with Crippen LogP contribution in [0.25, 0.3) is 0 Å². The topological polar surface area (TPSA) is 70.5 Å². The third-order valence-corrected chi connectivity index (χ3v) is 3.84. The number of aromatic nitrogens is 1. The molecule has 1 aliphatic heterocycles. The lowest BCUT2D eigenvalue weighted by atomic mass is 9.90. The maximum Gasteiger partial charge on any atom is 0.407 e. The molecule has 0 radical (unpaired) electrons. The van der Waals surface area contributed by atoms with E-state index >= 15 is 0 Å². The van der Waals surface area contributed by atoms with Crippen LogP contribution in [0, 0.1) is 5.92 Å². The lowest BCUT2D eigenvalue weighted by Gasteiger charge is -2.29. The van der Waals surface area contributed by atoms with E-state index in [0.717, 1.165) is 24.8 Å². The number of amides is 1. The molecule has 0 spiro atoms. The molecule has 0 aliphatic carbocycles. The van der Waals surface area contributed by atoms with Crippen LogP contribution in [0.3, 0.4) is 0 Å². The van der Waals surface area contributed by atoms with Crippen LogP contribution in [0.5, 0.6) is 0 Å². The predicted molar refractivity (Wildman–Crippen MR) is 74.5 cm³/mol. The Kier molecular flexibility index (Phi) is 5.09. The molecule has 20 heavy (non-hydrogen) atoms. The zero-order chi connectivity index (χ0) is 14.4. The van der Waals surface area contributed by atoms with E-state index < -0.39 is 6.09 Å². The van der Waals surface area contributed by atoms with E-state index in [0.29, 0.717) is 31.8 Å². The van der Waals surface area contributed by atoms with Crippen molar-refractivity contribution in [3.05, 3.63) is 30.1 Å². The van der Waals surface area contributed by atoms with Crippen molar-refractivity contribution in [3.8, 4) is 0 Å². The molecule has 0 atom stereocenters. The van der Waals surface area contributed by atoms with Crippen LogP contribution >= 0.6 is 0 Å². The Hall–Kier alpha value is -1.91. The maximum absolute atomic E-state index is 12.0. The molecule has 108 valence electrons. The molecular weight excluding hydrogens is 256 g/mol. The number of hydrogen-bond donors (Lipinski definition) is 1. The van der Waals surface area contributed by atoms with E-state index in [1.165, 1.54) is 4.90 Å². The lowest BCUT2D eigenvalue weighted by Crippen LogP contribution is -2.37. The number of rotatable bonds is 5. The highest BCUT2D eigenvalue weighted by Crippen LogP contribution is 2.21. The van der Waals surface area contributed by atoms with Gasteiger partial charge in [-0.05, 0) is 42.9 Å². The van der Waals surface area contributed by atoms with Crippen molar-refractivity contribution in [3.63, 3.8) is 0 Å². The first-order valence-electron chi connectivity index (χ1n) is 7.03. The Morgan fingerprint density at radius 2 is 1.90 bits per heavy atom. The van der Waals surface area contributed by atoms with E-state index in [9.17, 15) is 9.59 Å². The number of carbonyl (C=O) groups excluding carboxylic acids is 1. The highest BCUT2D eigenvalue weighted by atomic mass is 16.4. The summed E-state index contributed by atoms with van der Waals surface area (Å²) in [5, 5.41) is 8.87. The number of nitrogens with zero attached hydrogens (tertiary/aromatic N) is 2. The van der Waals surface area contributed by atoms with Crippen LogP contribution in [0.1, 0.15) is 31.2 Å². The number of aryl methyl sites for hydroxylation is 1. The molecular formula is C15H20N2O3. The highest BCUT2D eigenvalue weighted by Gasteiger charge is 2.23. The van der Waals surface area contributed by atoms with Gasteiger partial charge in [0.2, 0.25) is 0 Å². The molecule has 1 saturated heterocycles. The van der Waals surface area contributed by atoms with E-state index in [4.69, 9.17) is 5.11 Å². The first-order chi connectivity index (χ1) is 9.65. The van der Waals surface area contributed by atoms with E-state index in [1.807, 2.05) is 12.1 Å². The van der Waals surface area contributed by atoms with Gasteiger partial charge >= 0.3 is 6.09 Å². The Balaban J connectivity index is 1.69. The summed E-state index contributed by atoms with van der Waals surface area (Å²) >= 11 is 0. The summed E-state index contributed by atoms with van der Waals surface area (Å²) in [7, 11) is 0. The molecule has 0 aromatic carbocycles. The van der Waals surface area contributed by atoms with Gasteiger partial charge in [0.15, 0.2) is 0 Å². The van der Waals surface area contributed by atoms with Gasteiger partial charge in [0, 0.05) is 38.3 Å². The summed E-state index contributed by atoms with van der Waals surface area (Å²) < 4.78 is 0. The van der Waals surface area contributed by atoms with Gasteiger partial charge in [-0.25, -0.2) is 4.79 Å². The second kappa shape index (κ2) is 7.03. The van der Waals surface area contributed by atoms with E-state index in [-0.39, 0.29) is 5.78 Å². The Morgan fingerprint density at radius 1 is 1.25 bits per heavy atom. The summed E-state index contributed by atoms with van der Waals surface area (Å²) in [6.07, 6.45) is 6.12. The predicted octanol–water partition coefficient (Wildman–Crippen LogP) is 2.36. The fraction of sp³-hybridized carbons (Fsp3) is 0.533. The first-order valence-corrected chi connectivity index (χ1v) is 7.03. The molecule has 1 amide bonds. The molecule has 1 fully saturated rings. The SMILES string of the molecule is O=C(CCc1ccncc1)CC1CCN(C(=O)O)CC1. The normalized spacial score (nSPS) is 16.1. The number of ketones is 1. The van der Waals surface area contributed by atoms with Gasteiger partial charge in [-0.3, -0.25) is 9.78 Å². The van der Waals surface area contributed by atoms with Gasteiger partial charge in [0.25, 0.3) is 0 Å². The monoisotopic (exact) mass is 276 g/mol. The first kappa shape index (κ1) is 14.5. The molecule has 1 N–H and O–H groups in total. The van der Waals surface area contributed by atoms with Crippen molar-refractivity contribution >= 4 is 11.9 Å². The molecule has 1 aliphatic rings. The van der Waals surface area contributed by atoms with Gasteiger partial charge in [0.05, 0.1) is 0 Å². The summed E-state index contributed by atoms with van der Waals surface area (Å²) in [5.41, 5.74) is 1.13. The molecule has 5 nitrogen and oxygen atoms in total. The van der Waals surface area contributed by atoms with Crippen LogP contribution < -0.4 is 0 Å². The van der Waals surface area contributed by atoms with Crippen LogP contribution in [0.15, 0.2) is 24.5 Å². The quantitative estimate of drug-likeness (QED) is 0.896. The zero-order valence-corrected chi connectivity index (χ0v) is 11.5. The van der Waals surface area contributed by atoms with Crippen LogP contribution in [-0.2, 0) is 11.2 Å². The highest BCUT2D eigenvalue weighted by molar-refractivity contribution is 5.78. The van der Waals surface area contributed by atoms with Crippen LogP contribution in [-0.4, -0.2) is 40.0 Å². The molecule has 1 aromatic heterocycles. The Labute approximate surface area is 118 Å². The van der Waals surface area contributed by atoms with Crippen molar-refractivity contribution in [1.82, 2.24) is 9.88 Å². The second-order valence-corrected chi connectivity index (χ2v) is 5.31. The number of hydrogen-bond acceptors (Lipinski definition) is 3. The minimum absolute atomic E-state index is 0.274. The molecule has 2 rings (SSSR count). The fourth-order valence-corrected chi connectivity index (χ4v) is 2.59.